The van der Waals surface area contributed by atoms with Gasteiger partial charge in [0.2, 0.25) is 5.95 Å². The van der Waals surface area contributed by atoms with Gasteiger partial charge in [-0.05, 0) is 48.4 Å². The molecule has 0 radical (unpaired) electrons. The molecule has 134 valence electrons. The van der Waals surface area contributed by atoms with Crippen molar-refractivity contribution in [1.29, 1.82) is 0 Å². The fraction of sp³-hybridized carbons (Fsp3) is 0.136. The Kier molecular flexibility index (Phi) is 4.42. The minimum Gasteiger partial charge on any atom is -0.277 e. The molecule has 5 heteroatoms. The van der Waals surface area contributed by atoms with Crippen LogP contribution in [-0.2, 0) is 6.54 Å². The molecule has 0 saturated heterocycles. The molecule has 0 unspecified atom stereocenters. The van der Waals surface area contributed by atoms with E-state index in [0.717, 1.165) is 11.3 Å². The lowest BCUT2D eigenvalue weighted by Crippen LogP contribution is -2.23. The van der Waals surface area contributed by atoms with E-state index in [2.05, 4.69) is 39.8 Å². The number of fused-ring (bicyclic) bond motifs is 2. The van der Waals surface area contributed by atoms with Gasteiger partial charge in [0, 0.05) is 6.54 Å². The van der Waals surface area contributed by atoms with Gasteiger partial charge >= 0.3 is 0 Å². The van der Waals surface area contributed by atoms with E-state index >= 15 is 0 Å². The Bertz CT molecular complexity index is 1220. The lowest BCUT2D eigenvalue weighted by Gasteiger charge is -2.11. The third-order valence-electron chi connectivity index (χ3n) is 4.67. The fourth-order valence-corrected chi connectivity index (χ4v) is 3.16. The van der Waals surface area contributed by atoms with E-state index in [9.17, 15) is 4.79 Å². The van der Waals surface area contributed by atoms with Gasteiger partial charge in [0.1, 0.15) is 0 Å². The van der Waals surface area contributed by atoms with Gasteiger partial charge in [-0.1, -0.05) is 48.5 Å². The Morgan fingerprint density at radius 2 is 1.78 bits per heavy atom. The normalized spacial score (nSPS) is 11.9. The molecule has 4 aromatic rings. The molecule has 0 aliphatic rings. The molecule has 1 aromatic heterocycles. The average molecular weight is 356 g/mol. The lowest BCUT2D eigenvalue weighted by atomic mass is 10.0. The summed E-state index contributed by atoms with van der Waals surface area (Å²) in [5, 5.41) is 7.44. The first-order valence-corrected chi connectivity index (χ1v) is 8.96. The van der Waals surface area contributed by atoms with Crippen LogP contribution in [0.2, 0.25) is 0 Å². The molecule has 0 spiro atoms. The predicted octanol–water partition coefficient (Wildman–Crippen LogP) is 4.41. The molecule has 0 fully saturated rings. The van der Waals surface area contributed by atoms with Crippen LogP contribution in [0.3, 0.4) is 0 Å². The van der Waals surface area contributed by atoms with E-state index in [4.69, 9.17) is 0 Å². The number of aromatic nitrogens is 2. The second-order valence-electron chi connectivity index (χ2n) is 6.37. The largest absolute Gasteiger partial charge is 0.277 e. The van der Waals surface area contributed by atoms with Crippen molar-refractivity contribution < 1.29 is 0 Å². The first-order chi connectivity index (χ1) is 13.2. The zero-order valence-electron chi connectivity index (χ0n) is 15.3. The van der Waals surface area contributed by atoms with E-state index in [1.54, 1.807) is 10.6 Å². The molecule has 1 heterocycles. The highest BCUT2D eigenvalue weighted by Gasteiger charge is 2.09. The van der Waals surface area contributed by atoms with Crippen molar-refractivity contribution in [1.82, 2.24) is 9.55 Å². The van der Waals surface area contributed by atoms with Crippen LogP contribution in [0, 0.1) is 0 Å². The topological polar surface area (TPSA) is 59.3 Å². The van der Waals surface area contributed by atoms with Crippen molar-refractivity contribution >= 4 is 33.3 Å². The molecule has 0 saturated carbocycles. The number of para-hydroxylation sites is 1. The average Bonchev–Trinajstić information content (AvgIpc) is 2.71. The van der Waals surface area contributed by atoms with Crippen LogP contribution >= 0.6 is 0 Å². The van der Waals surface area contributed by atoms with Gasteiger partial charge in [0.05, 0.1) is 16.6 Å². The van der Waals surface area contributed by atoms with Gasteiger partial charge in [0.25, 0.3) is 5.56 Å². The van der Waals surface area contributed by atoms with Gasteiger partial charge in [0.15, 0.2) is 0 Å². The van der Waals surface area contributed by atoms with E-state index in [-0.39, 0.29) is 5.56 Å². The van der Waals surface area contributed by atoms with Crippen LogP contribution in [0.4, 0.5) is 5.95 Å². The first kappa shape index (κ1) is 17.0. The summed E-state index contributed by atoms with van der Waals surface area (Å²) in [6.07, 6.45) is 0. The highest BCUT2D eigenvalue weighted by Crippen LogP contribution is 2.17. The van der Waals surface area contributed by atoms with E-state index in [1.165, 1.54) is 10.8 Å². The summed E-state index contributed by atoms with van der Waals surface area (Å²) >= 11 is 0. The minimum atomic E-state index is -0.0656. The summed E-state index contributed by atoms with van der Waals surface area (Å²) in [5.74, 6) is 0.446. The summed E-state index contributed by atoms with van der Waals surface area (Å²) in [5.41, 5.74) is 5.42. The smallest absolute Gasteiger partial charge is 0.262 e. The van der Waals surface area contributed by atoms with Crippen molar-refractivity contribution in [2.75, 3.05) is 5.43 Å². The molecule has 0 atom stereocenters. The van der Waals surface area contributed by atoms with Gasteiger partial charge < -0.3 is 0 Å². The molecule has 0 aliphatic carbocycles. The highest BCUT2D eigenvalue weighted by molar-refractivity contribution is 6.02. The fourth-order valence-electron chi connectivity index (χ4n) is 3.16. The number of anilines is 1. The lowest BCUT2D eigenvalue weighted by molar-refractivity contribution is 0.724. The van der Waals surface area contributed by atoms with E-state index in [1.807, 2.05) is 50.2 Å². The van der Waals surface area contributed by atoms with Gasteiger partial charge in [-0.3, -0.25) is 9.36 Å². The molecule has 1 N–H and O–H groups in total. The standard InChI is InChI=1S/C22H20N4O/c1-3-26-21(27)19-10-6-7-11-20(19)23-22(26)25-24-15(2)17-13-12-16-8-4-5-9-18(16)14-17/h4-14H,3H2,1-2H3,(H,23,25)/b24-15-. The number of rotatable bonds is 4. The molecule has 5 nitrogen and oxygen atoms in total. The molecule has 0 bridgehead atoms. The first-order valence-electron chi connectivity index (χ1n) is 8.96. The molecule has 3 aromatic carbocycles. The van der Waals surface area contributed by atoms with E-state index in [0.29, 0.717) is 23.4 Å². The molecule has 0 amide bonds. The van der Waals surface area contributed by atoms with Crippen molar-refractivity contribution in [3.8, 4) is 0 Å². The third kappa shape index (κ3) is 3.19. The summed E-state index contributed by atoms with van der Waals surface area (Å²) in [4.78, 5) is 17.2. The van der Waals surface area contributed by atoms with Crippen LogP contribution in [0.1, 0.15) is 19.4 Å². The second kappa shape index (κ2) is 7.03. The van der Waals surface area contributed by atoms with Crippen molar-refractivity contribution in [3.05, 3.63) is 82.6 Å². The predicted molar refractivity (Wildman–Crippen MR) is 111 cm³/mol. The molecular weight excluding hydrogens is 336 g/mol. The molecule has 4 rings (SSSR count). The van der Waals surface area contributed by atoms with Crippen molar-refractivity contribution in [2.45, 2.75) is 20.4 Å². The van der Waals surface area contributed by atoms with Gasteiger partial charge in [-0.15, -0.1) is 0 Å². The van der Waals surface area contributed by atoms with Gasteiger partial charge in [-0.25, -0.2) is 10.4 Å². The van der Waals surface area contributed by atoms with Crippen LogP contribution in [0.15, 0.2) is 76.6 Å². The Labute approximate surface area is 157 Å². The van der Waals surface area contributed by atoms with Crippen LogP contribution < -0.4 is 11.0 Å². The number of hydrazone groups is 1. The highest BCUT2D eigenvalue weighted by atomic mass is 16.1. The number of benzene rings is 3. The zero-order valence-corrected chi connectivity index (χ0v) is 15.3. The quantitative estimate of drug-likeness (QED) is 0.435. The van der Waals surface area contributed by atoms with Crippen LogP contribution in [-0.4, -0.2) is 15.3 Å². The molecule has 0 aliphatic heterocycles. The van der Waals surface area contributed by atoms with Crippen LogP contribution in [0.25, 0.3) is 21.7 Å². The Morgan fingerprint density at radius 1 is 1.04 bits per heavy atom. The summed E-state index contributed by atoms with van der Waals surface area (Å²) in [6.45, 7) is 4.37. The maximum Gasteiger partial charge on any atom is 0.262 e. The summed E-state index contributed by atoms with van der Waals surface area (Å²) in [6, 6.07) is 21.8. The molecule has 27 heavy (non-hydrogen) atoms. The SMILES string of the molecule is CCn1c(N/N=C(/C)c2ccc3ccccc3c2)nc2ccccc2c1=O. The summed E-state index contributed by atoms with van der Waals surface area (Å²) in [7, 11) is 0. The number of hydrogen-bond acceptors (Lipinski definition) is 4. The second-order valence-corrected chi connectivity index (χ2v) is 6.37. The monoisotopic (exact) mass is 356 g/mol. The van der Waals surface area contributed by atoms with Crippen LogP contribution in [0.5, 0.6) is 0 Å². The maximum absolute atomic E-state index is 12.7. The van der Waals surface area contributed by atoms with E-state index < -0.39 is 0 Å². The zero-order chi connectivity index (χ0) is 18.8. The number of hydrogen-bond donors (Lipinski definition) is 1. The Balaban J connectivity index is 1.71. The number of nitrogens with one attached hydrogen (secondary N) is 1. The Hall–Kier alpha value is -3.47. The van der Waals surface area contributed by atoms with Crippen molar-refractivity contribution in [3.63, 3.8) is 0 Å². The summed E-state index contributed by atoms with van der Waals surface area (Å²) < 4.78 is 1.60. The Morgan fingerprint density at radius 3 is 2.59 bits per heavy atom. The molecular formula is C22H20N4O. The maximum atomic E-state index is 12.7. The van der Waals surface area contributed by atoms with Crippen molar-refractivity contribution in [2.24, 2.45) is 5.10 Å². The third-order valence-corrected chi connectivity index (χ3v) is 4.67. The number of nitrogens with zero attached hydrogens (tertiary/aromatic N) is 3. The van der Waals surface area contributed by atoms with Gasteiger partial charge in [-0.2, -0.15) is 5.10 Å². The minimum absolute atomic E-state index is 0.0656.